The van der Waals surface area contributed by atoms with Crippen molar-refractivity contribution in [2.24, 2.45) is 0 Å². The van der Waals surface area contributed by atoms with Gasteiger partial charge in [0.1, 0.15) is 0 Å². The Kier molecular flexibility index (Phi) is 6.15. The molecule has 90 valence electrons. The molecule has 2 heteroatoms. The second kappa shape index (κ2) is 6.29. The van der Waals surface area contributed by atoms with E-state index in [0.29, 0.717) is 6.42 Å². The van der Waals surface area contributed by atoms with Crippen molar-refractivity contribution in [3.8, 4) is 0 Å². The highest BCUT2D eigenvalue weighted by atomic mass is 16.3. The molecule has 0 fully saturated rings. The minimum Gasteiger partial charge on any atom is -0.390 e. The molecule has 0 aromatic heterocycles. The van der Waals surface area contributed by atoms with Crippen molar-refractivity contribution < 1.29 is 10.2 Å². The van der Waals surface area contributed by atoms with Gasteiger partial charge in [-0.3, -0.25) is 0 Å². The summed E-state index contributed by atoms with van der Waals surface area (Å²) in [5.41, 5.74) is -1.23. The Labute approximate surface area is 94.0 Å². The Morgan fingerprint density at radius 1 is 1.07 bits per heavy atom. The second-order valence-corrected chi connectivity index (χ2v) is 5.09. The smallest absolute Gasteiger partial charge is 0.0654 e. The minimum absolute atomic E-state index is 0.570. The van der Waals surface area contributed by atoms with E-state index in [-0.39, 0.29) is 0 Å². The molecule has 0 spiro atoms. The molecule has 2 atom stereocenters. The van der Waals surface area contributed by atoms with E-state index in [1.807, 2.05) is 13.8 Å². The first-order valence-corrected chi connectivity index (χ1v) is 5.89. The quantitative estimate of drug-likeness (QED) is 0.610. The van der Waals surface area contributed by atoms with Crippen molar-refractivity contribution in [3.63, 3.8) is 0 Å². The molecule has 0 heterocycles. The van der Waals surface area contributed by atoms with Crippen molar-refractivity contribution in [2.75, 3.05) is 0 Å². The fourth-order valence-electron chi connectivity index (χ4n) is 1.93. The van der Waals surface area contributed by atoms with Gasteiger partial charge in [-0.25, -0.2) is 0 Å². The van der Waals surface area contributed by atoms with E-state index in [2.05, 4.69) is 13.5 Å². The first-order valence-electron chi connectivity index (χ1n) is 5.89. The lowest BCUT2D eigenvalue weighted by atomic mass is 9.89. The van der Waals surface area contributed by atoms with Gasteiger partial charge in [0, 0.05) is 0 Å². The van der Waals surface area contributed by atoms with Gasteiger partial charge in [0.15, 0.2) is 0 Å². The van der Waals surface area contributed by atoms with Gasteiger partial charge in [-0.2, -0.15) is 0 Å². The van der Waals surface area contributed by atoms with E-state index < -0.39 is 11.2 Å². The van der Waals surface area contributed by atoms with Gasteiger partial charge in [0.2, 0.25) is 0 Å². The Morgan fingerprint density at radius 3 is 2.07 bits per heavy atom. The topological polar surface area (TPSA) is 40.5 Å². The zero-order valence-electron chi connectivity index (χ0n) is 10.4. The van der Waals surface area contributed by atoms with Crippen LogP contribution in [0.5, 0.6) is 0 Å². The second-order valence-electron chi connectivity index (χ2n) is 5.09. The van der Waals surface area contributed by atoms with E-state index in [1.165, 1.54) is 0 Å². The predicted molar refractivity (Wildman–Crippen MR) is 64.8 cm³/mol. The molecule has 0 aromatic rings. The molecule has 0 aliphatic rings. The van der Waals surface area contributed by atoms with Crippen LogP contribution in [-0.2, 0) is 0 Å². The Bertz CT molecular complexity index is 183. The number of rotatable bonds is 8. The average molecular weight is 214 g/mol. The Hall–Kier alpha value is -0.340. The van der Waals surface area contributed by atoms with Gasteiger partial charge >= 0.3 is 0 Å². The molecule has 0 aliphatic carbocycles. The van der Waals surface area contributed by atoms with Crippen LogP contribution in [0.1, 0.15) is 59.3 Å². The molecule has 2 N–H and O–H groups in total. The third-order valence-electron chi connectivity index (χ3n) is 2.80. The summed E-state index contributed by atoms with van der Waals surface area (Å²) in [5.74, 6) is 0. The Morgan fingerprint density at radius 2 is 1.60 bits per heavy atom. The molecule has 0 amide bonds. The molecule has 0 saturated heterocycles. The van der Waals surface area contributed by atoms with Crippen LogP contribution in [0.4, 0.5) is 0 Å². The highest BCUT2D eigenvalue weighted by molar-refractivity contribution is 4.83. The fourth-order valence-corrected chi connectivity index (χ4v) is 1.93. The molecule has 0 aliphatic heterocycles. The van der Waals surface area contributed by atoms with Crippen LogP contribution in [0, 0.1) is 0 Å². The summed E-state index contributed by atoms with van der Waals surface area (Å²) >= 11 is 0. The fraction of sp³-hybridized carbons (Fsp3) is 0.846. The molecular formula is C13H26O2. The summed E-state index contributed by atoms with van der Waals surface area (Å²) in [6, 6.07) is 0. The first kappa shape index (κ1) is 14.7. The minimum atomic E-state index is -0.663. The third kappa shape index (κ3) is 7.57. The van der Waals surface area contributed by atoms with Gasteiger partial charge in [0.05, 0.1) is 11.2 Å². The molecule has 15 heavy (non-hydrogen) atoms. The zero-order chi connectivity index (χ0) is 11.9. The maximum absolute atomic E-state index is 9.94. The summed E-state index contributed by atoms with van der Waals surface area (Å²) in [7, 11) is 0. The highest BCUT2D eigenvalue weighted by Crippen LogP contribution is 2.24. The lowest BCUT2D eigenvalue weighted by molar-refractivity contribution is 0.0181. The monoisotopic (exact) mass is 214 g/mol. The van der Waals surface area contributed by atoms with Crippen molar-refractivity contribution in [2.45, 2.75) is 70.5 Å². The van der Waals surface area contributed by atoms with E-state index in [1.54, 1.807) is 6.08 Å². The maximum atomic E-state index is 9.94. The molecular weight excluding hydrogens is 188 g/mol. The SMILES string of the molecule is C=CCC(C)(O)CCCC(C)(O)CCC. The van der Waals surface area contributed by atoms with Crippen molar-refractivity contribution in [1.29, 1.82) is 0 Å². The molecule has 0 rings (SSSR count). The molecule has 0 aromatic carbocycles. The lowest BCUT2D eigenvalue weighted by Gasteiger charge is -2.26. The standard InChI is InChI=1S/C13H26O2/c1-5-8-12(3,14)10-7-11-13(4,15)9-6-2/h5,14-15H,1,6-11H2,2-4H3. The molecule has 0 bridgehead atoms. The van der Waals surface area contributed by atoms with Crippen molar-refractivity contribution in [1.82, 2.24) is 0 Å². The molecule has 0 saturated carbocycles. The average Bonchev–Trinajstić information content (AvgIpc) is 2.02. The van der Waals surface area contributed by atoms with Crippen LogP contribution < -0.4 is 0 Å². The normalized spacial score (nSPS) is 19.3. The van der Waals surface area contributed by atoms with E-state index in [4.69, 9.17) is 0 Å². The van der Waals surface area contributed by atoms with Gasteiger partial charge < -0.3 is 10.2 Å². The zero-order valence-corrected chi connectivity index (χ0v) is 10.4. The molecule has 2 nitrogen and oxygen atoms in total. The van der Waals surface area contributed by atoms with Crippen LogP contribution in [0.2, 0.25) is 0 Å². The molecule has 2 unspecified atom stereocenters. The summed E-state index contributed by atoms with van der Waals surface area (Å²) in [5, 5.41) is 19.8. The number of hydrogen-bond donors (Lipinski definition) is 2. The van der Waals surface area contributed by atoms with E-state index in [0.717, 1.165) is 32.1 Å². The summed E-state index contributed by atoms with van der Waals surface area (Å²) in [6.45, 7) is 9.39. The summed E-state index contributed by atoms with van der Waals surface area (Å²) < 4.78 is 0. The van der Waals surface area contributed by atoms with Gasteiger partial charge in [-0.15, -0.1) is 6.58 Å². The Balaban J connectivity index is 3.82. The summed E-state index contributed by atoms with van der Waals surface area (Å²) in [6.07, 6.45) is 6.51. The van der Waals surface area contributed by atoms with E-state index >= 15 is 0 Å². The lowest BCUT2D eigenvalue weighted by Crippen LogP contribution is -2.27. The largest absolute Gasteiger partial charge is 0.390 e. The summed E-state index contributed by atoms with van der Waals surface area (Å²) in [4.78, 5) is 0. The van der Waals surface area contributed by atoms with Crippen LogP contribution in [0.3, 0.4) is 0 Å². The highest BCUT2D eigenvalue weighted by Gasteiger charge is 2.22. The predicted octanol–water partition coefficient (Wildman–Crippen LogP) is 3.03. The third-order valence-corrected chi connectivity index (χ3v) is 2.80. The van der Waals surface area contributed by atoms with Crippen LogP contribution in [-0.4, -0.2) is 21.4 Å². The van der Waals surface area contributed by atoms with E-state index in [9.17, 15) is 10.2 Å². The van der Waals surface area contributed by atoms with Gasteiger partial charge in [-0.1, -0.05) is 19.4 Å². The van der Waals surface area contributed by atoms with Crippen LogP contribution >= 0.6 is 0 Å². The number of hydrogen-bond acceptors (Lipinski definition) is 2. The maximum Gasteiger partial charge on any atom is 0.0654 e. The number of aliphatic hydroxyl groups is 2. The first-order chi connectivity index (χ1) is 6.83. The van der Waals surface area contributed by atoms with Crippen LogP contribution in [0.15, 0.2) is 12.7 Å². The van der Waals surface area contributed by atoms with Crippen molar-refractivity contribution in [3.05, 3.63) is 12.7 Å². The van der Waals surface area contributed by atoms with Crippen LogP contribution in [0.25, 0.3) is 0 Å². The van der Waals surface area contributed by atoms with Crippen molar-refractivity contribution >= 4 is 0 Å². The molecule has 0 radical (unpaired) electrons. The van der Waals surface area contributed by atoms with Gasteiger partial charge in [0.25, 0.3) is 0 Å². The van der Waals surface area contributed by atoms with Gasteiger partial charge in [-0.05, 0) is 46.0 Å².